The van der Waals surface area contributed by atoms with Gasteiger partial charge in [0.1, 0.15) is 4.83 Å². The monoisotopic (exact) mass is 303 g/mol. The van der Waals surface area contributed by atoms with Crippen molar-refractivity contribution >= 4 is 27.5 Å². The normalized spacial score (nSPS) is 10.9. The van der Waals surface area contributed by atoms with Crippen molar-refractivity contribution < 1.29 is 9.21 Å². The average Bonchev–Trinajstić information content (AvgIpc) is 3.15. The van der Waals surface area contributed by atoms with Gasteiger partial charge in [0.05, 0.1) is 24.2 Å². The van der Waals surface area contributed by atoms with E-state index in [4.69, 9.17) is 4.42 Å². The minimum absolute atomic E-state index is 0.108. The van der Waals surface area contributed by atoms with E-state index in [9.17, 15) is 9.59 Å². The topological polar surface area (TPSA) is 77.1 Å². The van der Waals surface area contributed by atoms with Crippen LogP contribution in [0, 0.1) is 0 Å². The highest BCUT2D eigenvalue weighted by molar-refractivity contribution is 7.16. The number of fused-ring (bicyclic) bond motifs is 1. The van der Waals surface area contributed by atoms with Gasteiger partial charge in [-0.2, -0.15) is 0 Å². The molecule has 1 amide bonds. The Morgan fingerprint density at radius 2 is 2.33 bits per heavy atom. The predicted molar refractivity (Wildman–Crippen MR) is 79.1 cm³/mol. The van der Waals surface area contributed by atoms with Gasteiger partial charge in [-0.3, -0.25) is 14.2 Å². The molecule has 0 saturated heterocycles. The number of hydrogen-bond donors (Lipinski definition) is 1. The molecule has 108 valence electrons. The number of thiophene rings is 1. The summed E-state index contributed by atoms with van der Waals surface area (Å²) in [4.78, 5) is 28.8. The summed E-state index contributed by atoms with van der Waals surface area (Å²) < 4.78 is 6.39. The summed E-state index contributed by atoms with van der Waals surface area (Å²) >= 11 is 1.43. The molecule has 1 N–H and O–H groups in total. The molecule has 3 aromatic rings. The molecule has 0 fully saturated rings. The Hall–Kier alpha value is -2.41. The van der Waals surface area contributed by atoms with Crippen molar-refractivity contribution in [2.45, 2.75) is 19.5 Å². The Balaban J connectivity index is 1.59. The molecule has 3 rings (SSSR count). The largest absolute Gasteiger partial charge is 0.472 e. The molecular weight excluding hydrogens is 290 g/mol. The van der Waals surface area contributed by atoms with E-state index in [0.717, 1.165) is 10.4 Å². The van der Waals surface area contributed by atoms with Crippen LogP contribution >= 0.6 is 11.3 Å². The third-order valence-electron chi connectivity index (χ3n) is 3.10. The molecule has 0 unspecified atom stereocenters. The number of carbonyl (C=O) groups excluding carboxylic acids is 1. The van der Waals surface area contributed by atoms with Gasteiger partial charge in [-0.1, -0.05) is 0 Å². The Morgan fingerprint density at radius 3 is 3.14 bits per heavy atom. The fourth-order valence-corrected chi connectivity index (χ4v) is 2.68. The second-order valence-corrected chi connectivity index (χ2v) is 5.44. The van der Waals surface area contributed by atoms with Gasteiger partial charge in [-0.15, -0.1) is 11.3 Å². The van der Waals surface area contributed by atoms with Gasteiger partial charge in [0.25, 0.3) is 5.56 Å². The minimum Gasteiger partial charge on any atom is -0.472 e. The maximum Gasteiger partial charge on any atom is 0.262 e. The first-order valence-corrected chi connectivity index (χ1v) is 7.32. The first-order valence-electron chi connectivity index (χ1n) is 6.44. The Bertz CT molecular complexity index is 804. The molecule has 0 spiro atoms. The lowest BCUT2D eigenvalue weighted by atomic mass is 10.3. The summed E-state index contributed by atoms with van der Waals surface area (Å²) in [6.07, 6.45) is 4.86. The number of hydrogen-bond acceptors (Lipinski definition) is 5. The summed E-state index contributed by atoms with van der Waals surface area (Å²) in [5, 5.41) is 5.21. The number of nitrogens with zero attached hydrogens (tertiary/aromatic N) is 2. The smallest absolute Gasteiger partial charge is 0.262 e. The van der Waals surface area contributed by atoms with E-state index in [1.165, 1.54) is 22.2 Å². The van der Waals surface area contributed by atoms with E-state index in [-0.39, 0.29) is 17.9 Å². The van der Waals surface area contributed by atoms with Gasteiger partial charge < -0.3 is 9.73 Å². The minimum atomic E-state index is -0.117. The van der Waals surface area contributed by atoms with E-state index < -0.39 is 0 Å². The number of amides is 1. The fraction of sp³-hybridized carbons (Fsp3) is 0.214. The van der Waals surface area contributed by atoms with Gasteiger partial charge in [0.15, 0.2) is 0 Å². The van der Waals surface area contributed by atoms with Crippen molar-refractivity contribution in [3.8, 4) is 0 Å². The number of nitrogens with one attached hydrogen (secondary N) is 1. The predicted octanol–water partition coefficient (Wildman–Crippen LogP) is 1.76. The van der Waals surface area contributed by atoms with Crippen LogP contribution in [0.25, 0.3) is 10.2 Å². The van der Waals surface area contributed by atoms with Crippen LogP contribution < -0.4 is 10.9 Å². The molecule has 0 aromatic carbocycles. The maximum atomic E-state index is 12.1. The molecule has 21 heavy (non-hydrogen) atoms. The highest BCUT2D eigenvalue weighted by Gasteiger charge is 2.07. The first-order chi connectivity index (χ1) is 10.2. The molecule has 7 heteroatoms. The van der Waals surface area contributed by atoms with Crippen LogP contribution in [0.2, 0.25) is 0 Å². The van der Waals surface area contributed by atoms with E-state index in [2.05, 4.69) is 10.3 Å². The number of rotatable bonds is 5. The molecule has 0 aliphatic rings. The van der Waals surface area contributed by atoms with Crippen LogP contribution in [0.3, 0.4) is 0 Å². The molecule has 0 radical (unpaired) electrons. The first kappa shape index (κ1) is 13.6. The second kappa shape index (κ2) is 5.92. The highest BCUT2D eigenvalue weighted by Crippen LogP contribution is 2.13. The zero-order valence-corrected chi connectivity index (χ0v) is 11.9. The zero-order valence-electron chi connectivity index (χ0n) is 11.1. The van der Waals surface area contributed by atoms with Crippen LogP contribution in [0.5, 0.6) is 0 Å². The molecule has 0 bridgehead atoms. The summed E-state index contributed by atoms with van der Waals surface area (Å²) in [7, 11) is 0. The van der Waals surface area contributed by atoms with Gasteiger partial charge in [0, 0.05) is 25.1 Å². The fourth-order valence-electron chi connectivity index (χ4n) is 1.96. The van der Waals surface area contributed by atoms with Gasteiger partial charge in [0.2, 0.25) is 5.91 Å². The standard InChI is InChI=1S/C14H13N3O3S/c18-12(15-7-10-2-5-20-8-10)1-4-17-9-16-13-11(14(17)19)3-6-21-13/h2-3,5-6,8-9H,1,4,7H2,(H,15,18). The third kappa shape index (κ3) is 3.03. The lowest BCUT2D eigenvalue weighted by Crippen LogP contribution is -2.27. The summed E-state index contributed by atoms with van der Waals surface area (Å²) in [5.74, 6) is -0.117. The van der Waals surface area contributed by atoms with E-state index >= 15 is 0 Å². The Labute approximate surface area is 124 Å². The maximum absolute atomic E-state index is 12.1. The molecule has 3 aromatic heterocycles. The van der Waals surface area contributed by atoms with Gasteiger partial charge in [-0.05, 0) is 17.5 Å². The van der Waals surface area contributed by atoms with Crippen LogP contribution in [0.15, 0.2) is 45.6 Å². The van der Waals surface area contributed by atoms with Crippen LogP contribution in [0.1, 0.15) is 12.0 Å². The third-order valence-corrected chi connectivity index (χ3v) is 3.92. The zero-order chi connectivity index (χ0) is 14.7. The lowest BCUT2D eigenvalue weighted by Gasteiger charge is -2.06. The van der Waals surface area contributed by atoms with E-state index in [0.29, 0.717) is 18.5 Å². The van der Waals surface area contributed by atoms with Crippen molar-refractivity contribution in [1.82, 2.24) is 14.9 Å². The quantitative estimate of drug-likeness (QED) is 0.779. The van der Waals surface area contributed by atoms with Crippen molar-refractivity contribution in [3.63, 3.8) is 0 Å². The molecule has 6 nitrogen and oxygen atoms in total. The van der Waals surface area contributed by atoms with E-state index in [1.54, 1.807) is 24.7 Å². The summed E-state index contributed by atoms with van der Waals surface area (Å²) in [6, 6.07) is 3.55. The number of carbonyl (C=O) groups is 1. The van der Waals surface area contributed by atoms with E-state index in [1.807, 2.05) is 5.38 Å². The molecule has 0 aliphatic heterocycles. The second-order valence-electron chi connectivity index (χ2n) is 4.54. The lowest BCUT2D eigenvalue weighted by molar-refractivity contribution is -0.121. The van der Waals surface area contributed by atoms with Crippen LogP contribution in [0.4, 0.5) is 0 Å². The van der Waals surface area contributed by atoms with Crippen molar-refractivity contribution in [2.24, 2.45) is 0 Å². The molecule has 0 atom stereocenters. The molecule has 0 saturated carbocycles. The van der Waals surface area contributed by atoms with Crippen molar-refractivity contribution in [3.05, 3.63) is 52.3 Å². The number of furan rings is 1. The van der Waals surface area contributed by atoms with Crippen LogP contribution in [-0.2, 0) is 17.9 Å². The number of aromatic nitrogens is 2. The van der Waals surface area contributed by atoms with Gasteiger partial charge in [-0.25, -0.2) is 4.98 Å². The van der Waals surface area contributed by atoms with Crippen LogP contribution in [-0.4, -0.2) is 15.5 Å². The average molecular weight is 303 g/mol. The molecule has 0 aliphatic carbocycles. The SMILES string of the molecule is O=C(CCn1cnc2sccc2c1=O)NCc1ccoc1. The Kier molecular flexibility index (Phi) is 3.83. The summed E-state index contributed by atoms with van der Waals surface area (Å²) in [5.41, 5.74) is 0.797. The number of aryl methyl sites for hydroxylation is 1. The molecular formula is C14H13N3O3S. The van der Waals surface area contributed by atoms with Crippen molar-refractivity contribution in [2.75, 3.05) is 0 Å². The van der Waals surface area contributed by atoms with Crippen molar-refractivity contribution in [1.29, 1.82) is 0 Å². The summed E-state index contributed by atoms with van der Waals surface area (Å²) in [6.45, 7) is 0.737. The Morgan fingerprint density at radius 1 is 1.43 bits per heavy atom. The molecule has 3 heterocycles. The highest BCUT2D eigenvalue weighted by atomic mass is 32.1. The van der Waals surface area contributed by atoms with Gasteiger partial charge >= 0.3 is 0 Å².